The highest BCUT2D eigenvalue weighted by atomic mass is 19.1. The quantitative estimate of drug-likeness (QED) is 0.658. The van der Waals surface area contributed by atoms with Crippen molar-refractivity contribution in [2.45, 2.75) is 33.9 Å². The van der Waals surface area contributed by atoms with Gasteiger partial charge in [0.05, 0.1) is 18.8 Å². The third-order valence-electron chi connectivity index (χ3n) is 3.19. The number of rotatable bonds is 5. The number of guanidine groups is 1. The predicted octanol–water partition coefficient (Wildman–Crippen LogP) is 2.69. The fourth-order valence-corrected chi connectivity index (χ4v) is 1.91. The SMILES string of the molecule is CCNC(=NCc1ccccc1F)NCc1nc(C)c(C)o1. The van der Waals surface area contributed by atoms with Gasteiger partial charge in [-0.2, -0.15) is 0 Å². The van der Waals surface area contributed by atoms with Gasteiger partial charge >= 0.3 is 0 Å². The second kappa shape index (κ2) is 7.59. The van der Waals surface area contributed by atoms with Gasteiger partial charge in [0.1, 0.15) is 11.6 Å². The van der Waals surface area contributed by atoms with Crippen LogP contribution in [0.2, 0.25) is 0 Å². The standard InChI is InChI=1S/C16H21FN4O/c1-4-18-16(19-9-13-7-5-6-8-14(13)17)20-10-15-21-11(2)12(3)22-15/h5-8H,4,9-10H2,1-3H3,(H2,18,19,20). The van der Waals surface area contributed by atoms with Crippen LogP contribution in [0.15, 0.2) is 33.7 Å². The van der Waals surface area contributed by atoms with E-state index in [0.717, 1.165) is 11.5 Å². The minimum Gasteiger partial charge on any atom is -0.444 e. The van der Waals surface area contributed by atoms with E-state index >= 15 is 0 Å². The average Bonchev–Trinajstić information content (AvgIpc) is 2.82. The van der Waals surface area contributed by atoms with Crippen LogP contribution in [0.5, 0.6) is 0 Å². The summed E-state index contributed by atoms with van der Waals surface area (Å²) in [7, 11) is 0. The van der Waals surface area contributed by atoms with Crippen LogP contribution < -0.4 is 10.6 Å². The second-order valence-corrected chi connectivity index (χ2v) is 4.89. The van der Waals surface area contributed by atoms with Crippen LogP contribution in [-0.4, -0.2) is 17.5 Å². The minimum atomic E-state index is -0.249. The lowest BCUT2D eigenvalue weighted by atomic mass is 10.2. The van der Waals surface area contributed by atoms with Crippen molar-refractivity contribution in [3.05, 3.63) is 53.0 Å². The van der Waals surface area contributed by atoms with Crippen molar-refractivity contribution in [2.24, 2.45) is 4.99 Å². The molecular weight excluding hydrogens is 283 g/mol. The molecular formula is C16H21FN4O. The molecule has 118 valence electrons. The first-order chi connectivity index (χ1) is 10.6. The maximum Gasteiger partial charge on any atom is 0.214 e. The Balaban J connectivity index is 1.99. The van der Waals surface area contributed by atoms with E-state index in [-0.39, 0.29) is 12.4 Å². The fraction of sp³-hybridized carbons (Fsp3) is 0.375. The first-order valence-corrected chi connectivity index (χ1v) is 7.28. The Hall–Kier alpha value is -2.37. The number of hydrogen-bond donors (Lipinski definition) is 2. The molecule has 22 heavy (non-hydrogen) atoms. The number of hydrogen-bond acceptors (Lipinski definition) is 3. The molecule has 0 saturated heterocycles. The molecule has 0 bridgehead atoms. The summed E-state index contributed by atoms with van der Waals surface area (Å²) in [6.07, 6.45) is 0. The van der Waals surface area contributed by atoms with Crippen LogP contribution in [0.4, 0.5) is 4.39 Å². The van der Waals surface area contributed by atoms with Crippen LogP contribution in [-0.2, 0) is 13.1 Å². The van der Waals surface area contributed by atoms with Gasteiger partial charge in [0, 0.05) is 12.1 Å². The molecule has 2 aromatic rings. The van der Waals surface area contributed by atoms with Gasteiger partial charge in [0.2, 0.25) is 5.89 Å². The zero-order chi connectivity index (χ0) is 15.9. The third-order valence-corrected chi connectivity index (χ3v) is 3.19. The monoisotopic (exact) mass is 304 g/mol. The summed E-state index contributed by atoms with van der Waals surface area (Å²) >= 11 is 0. The predicted molar refractivity (Wildman–Crippen MR) is 84.0 cm³/mol. The van der Waals surface area contributed by atoms with E-state index < -0.39 is 0 Å². The molecule has 0 radical (unpaired) electrons. The summed E-state index contributed by atoms with van der Waals surface area (Å²) in [6.45, 7) is 7.17. The Morgan fingerprint density at radius 2 is 2.05 bits per heavy atom. The zero-order valence-corrected chi connectivity index (χ0v) is 13.1. The molecule has 0 aliphatic rings. The Labute approximate surface area is 129 Å². The largest absolute Gasteiger partial charge is 0.444 e. The number of halogens is 1. The van der Waals surface area contributed by atoms with Crippen LogP contribution in [0.25, 0.3) is 0 Å². The molecule has 0 aliphatic heterocycles. The summed E-state index contributed by atoms with van der Waals surface area (Å²) in [4.78, 5) is 8.68. The van der Waals surface area contributed by atoms with Crippen molar-refractivity contribution in [3.8, 4) is 0 Å². The van der Waals surface area contributed by atoms with Crippen LogP contribution in [0.3, 0.4) is 0 Å². The highest BCUT2D eigenvalue weighted by Gasteiger charge is 2.06. The van der Waals surface area contributed by atoms with Crippen molar-refractivity contribution >= 4 is 5.96 Å². The topological polar surface area (TPSA) is 62.5 Å². The lowest BCUT2D eigenvalue weighted by Crippen LogP contribution is -2.36. The van der Waals surface area contributed by atoms with E-state index in [1.807, 2.05) is 20.8 Å². The molecule has 0 amide bonds. The average molecular weight is 304 g/mol. The van der Waals surface area contributed by atoms with E-state index in [4.69, 9.17) is 4.42 Å². The molecule has 0 saturated carbocycles. The molecule has 0 aliphatic carbocycles. The Morgan fingerprint density at radius 3 is 2.68 bits per heavy atom. The molecule has 0 spiro atoms. The zero-order valence-electron chi connectivity index (χ0n) is 13.1. The van der Waals surface area contributed by atoms with Crippen LogP contribution in [0, 0.1) is 19.7 Å². The van der Waals surface area contributed by atoms with E-state index in [1.54, 1.807) is 18.2 Å². The summed E-state index contributed by atoms with van der Waals surface area (Å²) in [5.41, 5.74) is 1.44. The van der Waals surface area contributed by atoms with Gasteiger partial charge in [-0.15, -0.1) is 0 Å². The highest BCUT2D eigenvalue weighted by molar-refractivity contribution is 5.79. The summed E-state index contributed by atoms with van der Waals surface area (Å²) in [5.74, 6) is 1.76. The molecule has 0 unspecified atom stereocenters. The highest BCUT2D eigenvalue weighted by Crippen LogP contribution is 2.08. The van der Waals surface area contributed by atoms with Gasteiger partial charge in [-0.1, -0.05) is 18.2 Å². The van der Waals surface area contributed by atoms with Crippen LogP contribution in [0.1, 0.15) is 29.8 Å². The van der Waals surface area contributed by atoms with Crippen molar-refractivity contribution in [3.63, 3.8) is 0 Å². The number of nitrogens with zero attached hydrogens (tertiary/aromatic N) is 2. The lowest BCUT2D eigenvalue weighted by molar-refractivity contribution is 0.463. The summed E-state index contributed by atoms with van der Waals surface area (Å²) < 4.78 is 19.1. The fourth-order valence-electron chi connectivity index (χ4n) is 1.91. The number of aryl methyl sites for hydroxylation is 2. The number of benzene rings is 1. The minimum absolute atomic E-state index is 0.249. The van der Waals surface area contributed by atoms with Crippen molar-refractivity contribution in [1.29, 1.82) is 0 Å². The number of aliphatic imine (C=N–C) groups is 1. The van der Waals surface area contributed by atoms with Gasteiger partial charge in [-0.25, -0.2) is 14.4 Å². The van der Waals surface area contributed by atoms with Crippen LogP contribution >= 0.6 is 0 Å². The van der Waals surface area contributed by atoms with Gasteiger partial charge in [-0.05, 0) is 26.8 Å². The molecule has 1 aromatic carbocycles. The first-order valence-electron chi connectivity index (χ1n) is 7.28. The maximum absolute atomic E-state index is 13.6. The van der Waals surface area contributed by atoms with E-state index in [2.05, 4.69) is 20.6 Å². The van der Waals surface area contributed by atoms with Gasteiger partial charge in [0.15, 0.2) is 5.96 Å². The van der Waals surface area contributed by atoms with Crippen molar-refractivity contribution in [1.82, 2.24) is 15.6 Å². The van der Waals surface area contributed by atoms with Crippen molar-refractivity contribution in [2.75, 3.05) is 6.54 Å². The third kappa shape index (κ3) is 4.31. The molecule has 5 nitrogen and oxygen atoms in total. The second-order valence-electron chi connectivity index (χ2n) is 4.89. The van der Waals surface area contributed by atoms with E-state index in [9.17, 15) is 4.39 Å². The molecule has 1 heterocycles. The molecule has 2 N–H and O–H groups in total. The molecule has 6 heteroatoms. The molecule has 1 aromatic heterocycles. The molecule has 0 atom stereocenters. The Bertz CT molecular complexity index is 632. The summed E-state index contributed by atoms with van der Waals surface area (Å²) in [6, 6.07) is 6.62. The smallest absolute Gasteiger partial charge is 0.214 e. The number of aromatic nitrogens is 1. The van der Waals surface area contributed by atoms with Gasteiger partial charge in [0.25, 0.3) is 0 Å². The van der Waals surface area contributed by atoms with E-state index in [0.29, 0.717) is 30.5 Å². The van der Waals surface area contributed by atoms with Gasteiger partial charge in [-0.3, -0.25) is 0 Å². The number of oxazole rings is 1. The first kappa shape index (κ1) is 16.0. The van der Waals surface area contributed by atoms with Crippen molar-refractivity contribution < 1.29 is 8.81 Å². The maximum atomic E-state index is 13.6. The Morgan fingerprint density at radius 1 is 1.27 bits per heavy atom. The lowest BCUT2D eigenvalue weighted by Gasteiger charge is -2.10. The normalized spacial score (nSPS) is 11.5. The number of nitrogens with one attached hydrogen (secondary N) is 2. The van der Waals surface area contributed by atoms with Gasteiger partial charge < -0.3 is 15.1 Å². The Kier molecular flexibility index (Phi) is 5.52. The summed E-state index contributed by atoms with van der Waals surface area (Å²) in [5, 5.41) is 6.24. The molecule has 2 rings (SSSR count). The van der Waals surface area contributed by atoms with E-state index in [1.165, 1.54) is 6.07 Å². The molecule has 0 fully saturated rings.